The molecule has 2 nitrogen and oxygen atoms in total. The number of hydrogen-bond acceptors (Lipinski definition) is 3. The number of hydrogen-bond donors (Lipinski definition) is 1. The molecule has 0 radical (unpaired) electrons. The zero-order chi connectivity index (χ0) is 11.5. The van der Waals surface area contributed by atoms with Crippen LogP contribution in [0.5, 0.6) is 0 Å². The monoisotopic (exact) mass is 367 g/mol. The van der Waals surface area contributed by atoms with Crippen molar-refractivity contribution in [2.24, 2.45) is 0 Å². The first-order chi connectivity index (χ1) is 7.70. The lowest BCUT2D eigenvalue weighted by atomic mass is 10.0. The highest BCUT2D eigenvalue weighted by Crippen LogP contribution is 2.37. The molecule has 1 fully saturated rings. The van der Waals surface area contributed by atoms with E-state index in [1.807, 2.05) is 7.05 Å². The Morgan fingerprint density at radius 1 is 1.62 bits per heavy atom. The smallest absolute Gasteiger partial charge is 0.0758 e. The first-order valence-electron chi connectivity index (χ1n) is 5.44. The lowest BCUT2D eigenvalue weighted by molar-refractivity contribution is 0.0954. The van der Waals surface area contributed by atoms with Crippen molar-refractivity contribution in [3.8, 4) is 0 Å². The summed E-state index contributed by atoms with van der Waals surface area (Å²) in [5, 5.41) is 3.38. The van der Waals surface area contributed by atoms with Gasteiger partial charge in [-0.25, -0.2) is 0 Å². The second kappa shape index (κ2) is 5.96. The quantitative estimate of drug-likeness (QED) is 0.863. The van der Waals surface area contributed by atoms with Gasteiger partial charge in [0.15, 0.2) is 0 Å². The van der Waals surface area contributed by atoms with Crippen molar-refractivity contribution in [2.75, 3.05) is 13.7 Å². The molecule has 0 aliphatic carbocycles. The van der Waals surface area contributed by atoms with Gasteiger partial charge in [-0.3, -0.25) is 0 Å². The number of nitrogens with one attached hydrogen (secondary N) is 1. The fraction of sp³-hybridized carbons (Fsp3) is 0.636. The molecule has 2 rings (SSSR count). The molecule has 2 heterocycles. The molecule has 1 aromatic rings. The molecular weight excluding hydrogens is 354 g/mol. The molecule has 0 bridgehead atoms. The summed E-state index contributed by atoms with van der Waals surface area (Å²) in [6, 6.07) is 2.56. The van der Waals surface area contributed by atoms with Crippen molar-refractivity contribution in [3.63, 3.8) is 0 Å². The Morgan fingerprint density at radius 2 is 2.44 bits per heavy atom. The molecule has 0 aromatic carbocycles. The molecule has 1 aliphatic heterocycles. The van der Waals surface area contributed by atoms with E-state index >= 15 is 0 Å². The van der Waals surface area contributed by atoms with E-state index in [-0.39, 0.29) is 0 Å². The average molecular weight is 369 g/mol. The molecule has 0 amide bonds. The minimum atomic E-state index is 0.375. The third-order valence-corrected chi connectivity index (χ3v) is 5.32. The van der Waals surface area contributed by atoms with E-state index in [4.69, 9.17) is 4.74 Å². The highest BCUT2D eigenvalue weighted by atomic mass is 79.9. The Kier molecular flexibility index (Phi) is 4.85. The van der Waals surface area contributed by atoms with Gasteiger partial charge < -0.3 is 10.1 Å². The van der Waals surface area contributed by atoms with E-state index in [0.717, 1.165) is 13.0 Å². The summed E-state index contributed by atoms with van der Waals surface area (Å²) in [6.07, 6.45) is 3.87. The molecule has 0 spiro atoms. The number of rotatable bonds is 4. The SMILES string of the molecule is CNC(CC1CCCO1)c1cc(Br)sc1Br. The van der Waals surface area contributed by atoms with Gasteiger partial charge in [-0.2, -0.15) is 0 Å². The van der Waals surface area contributed by atoms with Crippen molar-refractivity contribution in [3.05, 3.63) is 19.2 Å². The Bertz CT molecular complexity index is 350. The summed E-state index contributed by atoms with van der Waals surface area (Å²) in [6.45, 7) is 0.926. The van der Waals surface area contributed by atoms with Crippen LogP contribution in [0.1, 0.15) is 30.9 Å². The average Bonchev–Trinajstić information content (AvgIpc) is 2.85. The number of ether oxygens (including phenoxy) is 1. The van der Waals surface area contributed by atoms with Gasteiger partial charge in [-0.05, 0) is 69.8 Å². The largest absolute Gasteiger partial charge is 0.378 e. The van der Waals surface area contributed by atoms with Crippen LogP contribution >= 0.6 is 43.2 Å². The van der Waals surface area contributed by atoms with Gasteiger partial charge in [0.1, 0.15) is 0 Å². The summed E-state index contributed by atoms with van der Waals surface area (Å²) >= 11 is 8.86. The second-order valence-corrected chi connectivity index (χ2v) is 7.74. The van der Waals surface area contributed by atoms with Crippen molar-refractivity contribution < 1.29 is 4.74 Å². The van der Waals surface area contributed by atoms with E-state index in [9.17, 15) is 0 Å². The first-order valence-corrected chi connectivity index (χ1v) is 7.84. The standard InChI is InChI=1S/C11H15Br2NOS/c1-14-9(5-7-3-2-4-15-7)8-6-10(12)16-11(8)13/h6-7,9,14H,2-5H2,1H3. The summed E-state index contributed by atoms with van der Waals surface area (Å²) in [5.74, 6) is 0. The predicted molar refractivity (Wildman–Crippen MR) is 75.1 cm³/mol. The van der Waals surface area contributed by atoms with E-state index in [0.29, 0.717) is 12.1 Å². The van der Waals surface area contributed by atoms with E-state index in [2.05, 4.69) is 43.2 Å². The molecule has 16 heavy (non-hydrogen) atoms. The van der Waals surface area contributed by atoms with Crippen LogP contribution in [0.3, 0.4) is 0 Å². The van der Waals surface area contributed by atoms with Crippen LogP contribution in [0.2, 0.25) is 0 Å². The fourth-order valence-electron chi connectivity index (χ4n) is 2.08. The van der Waals surface area contributed by atoms with Crippen LogP contribution in [0.15, 0.2) is 13.6 Å². The zero-order valence-corrected chi connectivity index (χ0v) is 13.1. The van der Waals surface area contributed by atoms with Crippen LogP contribution < -0.4 is 5.32 Å². The van der Waals surface area contributed by atoms with Crippen LogP contribution in [-0.4, -0.2) is 19.8 Å². The van der Waals surface area contributed by atoms with Crippen molar-refractivity contribution in [1.29, 1.82) is 0 Å². The molecule has 1 saturated heterocycles. The maximum atomic E-state index is 5.69. The maximum absolute atomic E-state index is 5.69. The van der Waals surface area contributed by atoms with E-state index in [1.54, 1.807) is 11.3 Å². The van der Waals surface area contributed by atoms with Crippen LogP contribution in [0.4, 0.5) is 0 Å². The van der Waals surface area contributed by atoms with Gasteiger partial charge in [-0.15, -0.1) is 11.3 Å². The summed E-state index contributed by atoms with van der Waals surface area (Å²) in [5.41, 5.74) is 1.33. The molecule has 1 N–H and O–H groups in total. The molecule has 2 atom stereocenters. The Morgan fingerprint density at radius 3 is 2.94 bits per heavy atom. The van der Waals surface area contributed by atoms with Crippen LogP contribution in [0, 0.1) is 0 Å². The Balaban J connectivity index is 2.06. The number of thiophene rings is 1. The van der Waals surface area contributed by atoms with E-state index < -0.39 is 0 Å². The third kappa shape index (κ3) is 3.07. The Labute approximate surface area is 117 Å². The topological polar surface area (TPSA) is 21.3 Å². The summed E-state index contributed by atoms with van der Waals surface area (Å²) in [4.78, 5) is 0. The molecule has 2 unspecified atom stereocenters. The molecule has 90 valence electrons. The Hall–Kier alpha value is 0.580. The molecule has 5 heteroatoms. The summed E-state index contributed by atoms with van der Waals surface area (Å²) in [7, 11) is 2.01. The lowest BCUT2D eigenvalue weighted by Gasteiger charge is -2.19. The highest BCUT2D eigenvalue weighted by molar-refractivity contribution is 9.12. The van der Waals surface area contributed by atoms with Gasteiger partial charge in [0.05, 0.1) is 13.7 Å². The zero-order valence-electron chi connectivity index (χ0n) is 9.13. The highest BCUT2D eigenvalue weighted by Gasteiger charge is 2.23. The maximum Gasteiger partial charge on any atom is 0.0758 e. The van der Waals surface area contributed by atoms with E-state index in [1.165, 1.54) is 26.0 Å². The third-order valence-electron chi connectivity index (χ3n) is 2.93. The van der Waals surface area contributed by atoms with Gasteiger partial charge in [0, 0.05) is 12.6 Å². The fourth-order valence-corrected chi connectivity index (χ4v) is 5.06. The van der Waals surface area contributed by atoms with Crippen LogP contribution in [-0.2, 0) is 4.74 Å². The molecular formula is C11H15Br2NOS. The predicted octanol–water partition coefficient (Wildman–Crippen LogP) is 4.10. The van der Waals surface area contributed by atoms with Crippen molar-refractivity contribution in [2.45, 2.75) is 31.4 Å². The lowest BCUT2D eigenvalue weighted by Crippen LogP contribution is -2.21. The van der Waals surface area contributed by atoms with Gasteiger partial charge in [0.2, 0.25) is 0 Å². The molecule has 0 saturated carbocycles. The van der Waals surface area contributed by atoms with Gasteiger partial charge >= 0.3 is 0 Å². The van der Waals surface area contributed by atoms with Crippen LogP contribution in [0.25, 0.3) is 0 Å². The van der Waals surface area contributed by atoms with Gasteiger partial charge in [-0.1, -0.05) is 0 Å². The van der Waals surface area contributed by atoms with Crippen molar-refractivity contribution >= 4 is 43.2 Å². The minimum Gasteiger partial charge on any atom is -0.378 e. The summed E-state index contributed by atoms with van der Waals surface area (Å²) < 4.78 is 8.06. The van der Waals surface area contributed by atoms with Crippen molar-refractivity contribution in [1.82, 2.24) is 5.32 Å². The second-order valence-electron chi connectivity index (χ2n) is 3.99. The first kappa shape index (κ1) is 13.0. The molecule has 1 aliphatic rings. The molecule has 1 aromatic heterocycles. The van der Waals surface area contributed by atoms with Gasteiger partial charge in [0.25, 0.3) is 0 Å². The number of halogens is 2. The normalized spacial score (nSPS) is 22.6. The minimum absolute atomic E-state index is 0.375.